The van der Waals surface area contributed by atoms with E-state index in [1.54, 1.807) is 13.3 Å². The van der Waals surface area contributed by atoms with Crippen molar-refractivity contribution in [1.82, 2.24) is 24.4 Å². The number of imidazole rings is 1. The number of ether oxygens (including phenoxy) is 1. The van der Waals surface area contributed by atoms with E-state index in [2.05, 4.69) is 9.97 Å². The summed E-state index contributed by atoms with van der Waals surface area (Å²) in [5, 5.41) is 0. The Morgan fingerprint density at radius 1 is 1.42 bits per heavy atom. The second-order valence-electron chi connectivity index (χ2n) is 6.10. The minimum atomic E-state index is -0.0618. The monoisotopic (exact) mass is 329 g/mol. The minimum Gasteiger partial charge on any atom is -0.384 e. The van der Waals surface area contributed by atoms with Crippen LogP contribution in [0.25, 0.3) is 11.5 Å². The van der Waals surface area contributed by atoms with Gasteiger partial charge in [-0.15, -0.1) is 0 Å². The van der Waals surface area contributed by atoms with E-state index >= 15 is 0 Å². The van der Waals surface area contributed by atoms with Crippen LogP contribution >= 0.6 is 0 Å². The Morgan fingerprint density at radius 3 is 2.96 bits per heavy atom. The van der Waals surface area contributed by atoms with Crippen LogP contribution < -0.4 is 0 Å². The molecule has 1 unspecified atom stereocenters. The van der Waals surface area contributed by atoms with Gasteiger partial charge in [-0.3, -0.25) is 4.79 Å². The molecule has 1 fully saturated rings. The Balaban J connectivity index is 1.89. The Morgan fingerprint density at radius 2 is 2.25 bits per heavy atom. The third-order valence-corrected chi connectivity index (χ3v) is 4.31. The minimum absolute atomic E-state index is 0.0618. The fraction of sp³-hybridized carbons (Fsp3) is 0.529. The maximum Gasteiger partial charge on any atom is 0.225 e. The molecule has 0 bridgehead atoms. The third-order valence-electron chi connectivity index (χ3n) is 4.31. The van der Waals surface area contributed by atoms with Crippen LogP contribution in [0.4, 0.5) is 0 Å². The lowest BCUT2D eigenvalue weighted by atomic mass is 10.2. The first-order chi connectivity index (χ1) is 11.6. The fourth-order valence-electron chi connectivity index (χ4n) is 3.13. The molecule has 0 aromatic carbocycles. The second-order valence-corrected chi connectivity index (χ2v) is 6.10. The number of aromatic nitrogens is 4. The fourth-order valence-corrected chi connectivity index (χ4v) is 3.13. The molecule has 24 heavy (non-hydrogen) atoms. The molecular formula is C17H23N5O2. The van der Waals surface area contributed by atoms with Crippen LogP contribution in [-0.2, 0) is 16.6 Å². The zero-order valence-corrected chi connectivity index (χ0v) is 14.4. The van der Waals surface area contributed by atoms with Crippen LogP contribution in [0.15, 0.2) is 18.5 Å². The largest absolute Gasteiger partial charge is 0.384 e. The molecule has 7 heteroatoms. The summed E-state index contributed by atoms with van der Waals surface area (Å²) in [7, 11) is 3.55. The predicted molar refractivity (Wildman–Crippen MR) is 89.2 cm³/mol. The van der Waals surface area contributed by atoms with Crippen LogP contribution in [-0.4, -0.2) is 50.6 Å². The summed E-state index contributed by atoms with van der Waals surface area (Å²) in [6.45, 7) is 3.14. The Kier molecular flexibility index (Phi) is 4.89. The highest BCUT2D eigenvalue weighted by Crippen LogP contribution is 2.31. The smallest absolute Gasteiger partial charge is 0.225 e. The molecule has 1 amide bonds. The predicted octanol–water partition coefficient (Wildman–Crippen LogP) is 1.89. The molecule has 0 radical (unpaired) electrons. The van der Waals surface area contributed by atoms with E-state index < -0.39 is 0 Å². The van der Waals surface area contributed by atoms with Crippen LogP contribution in [0, 0.1) is 6.92 Å². The van der Waals surface area contributed by atoms with Crippen molar-refractivity contribution < 1.29 is 9.53 Å². The van der Waals surface area contributed by atoms with Gasteiger partial charge < -0.3 is 14.2 Å². The van der Waals surface area contributed by atoms with Gasteiger partial charge in [0, 0.05) is 38.8 Å². The van der Waals surface area contributed by atoms with E-state index in [1.165, 1.54) is 0 Å². The number of carbonyl (C=O) groups excluding carboxylic acids is 1. The normalized spacial score (nSPS) is 17.5. The Bertz CT molecular complexity index is 728. The van der Waals surface area contributed by atoms with Crippen molar-refractivity contribution in [3.63, 3.8) is 0 Å². The summed E-state index contributed by atoms with van der Waals surface area (Å²) in [5.74, 6) is 1.61. The van der Waals surface area contributed by atoms with Gasteiger partial charge in [0.1, 0.15) is 5.69 Å². The zero-order chi connectivity index (χ0) is 17.1. The molecular weight excluding hydrogens is 306 g/mol. The van der Waals surface area contributed by atoms with Gasteiger partial charge in [-0.1, -0.05) is 0 Å². The first kappa shape index (κ1) is 16.6. The van der Waals surface area contributed by atoms with Crippen LogP contribution in [0.5, 0.6) is 0 Å². The first-order valence-electron chi connectivity index (χ1n) is 8.22. The maximum atomic E-state index is 12.4. The van der Waals surface area contributed by atoms with Gasteiger partial charge in [0.25, 0.3) is 0 Å². The van der Waals surface area contributed by atoms with E-state index in [1.807, 2.05) is 35.7 Å². The van der Waals surface area contributed by atoms with Gasteiger partial charge >= 0.3 is 0 Å². The zero-order valence-electron chi connectivity index (χ0n) is 14.4. The second kappa shape index (κ2) is 7.09. The lowest BCUT2D eigenvalue weighted by molar-refractivity contribution is -0.133. The summed E-state index contributed by atoms with van der Waals surface area (Å²) in [6.07, 6.45) is 5.90. The molecule has 1 aliphatic heterocycles. The van der Waals surface area contributed by atoms with Gasteiger partial charge in [0.2, 0.25) is 5.91 Å². The summed E-state index contributed by atoms with van der Waals surface area (Å²) in [4.78, 5) is 28.0. The van der Waals surface area contributed by atoms with Crippen molar-refractivity contribution in [3.8, 4) is 11.5 Å². The van der Waals surface area contributed by atoms with E-state index in [9.17, 15) is 4.79 Å². The van der Waals surface area contributed by atoms with E-state index in [-0.39, 0.29) is 11.9 Å². The number of hydrogen-bond acceptors (Lipinski definition) is 5. The van der Waals surface area contributed by atoms with Crippen molar-refractivity contribution in [1.29, 1.82) is 0 Å². The van der Waals surface area contributed by atoms with Crippen LogP contribution in [0.1, 0.15) is 36.8 Å². The number of likely N-dealkylation sites (tertiary alicyclic amines) is 1. The Hall–Kier alpha value is -2.28. The van der Waals surface area contributed by atoms with Gasteiger partial charge in [-0.25, -0.2) is 15.0 Å². The van der Waals surface area contributed by atoms with Crippen LogP contribution in [0.3, 0.4) is 0 Å². The molecule has 0 N–H and O–H groups in total. The number of amides is 1. The molecule has 128 valence electrons. The van der Waals surface area contributed by atoms with Crippen molar-refractivity contribution in [2.24, 2.45) is 7.05 Å². The highest BCUT2D eigenvalue weighted by Gasteiger charge is 2.32. The summed E-state index contributed by atoms with van der Waals surface area (Å²) < 4.78 is 6.96. The Labute approximate surface area is 141 Å². The molecule has 0 saturated carbocycles. The summed E-state index contributed by atoms with van der Waals surface area (Å²) >= 11 is 0. The summed E-state index contributed by atoms with van der Waals surface area (Å²) in [5.41, 5.74) is 1.68. The van der Waals surface area contributed by atoms with Crippen molar-refractivity contribution in [2.75, 3.05) is 20.3 Å². The highest BCUT2D eigenvalue weighted by atomic mass is 16.5. The number of carbonyl (C=O) groups is 1. The molecule has 2 aromatic rings. The van der Waals surface area contributed by atoms with Gasteiger partial charge in [-0.05, 0) is 25.8 Å². The molecule has 0 aliphatic carbocycles. The number of hydrogen-bond donors (Lipinski definition) is 0. The standard InChI is InChI=1S/C17H23N5O2/c1-12-11-13(17-18-7-9-21(17)2)20-16(19-12)14-5-4-8-22(14)15(23)6-10-24-3/h7,9,11,14H,4-6,8,10H2,1-3H3. The molecule has 7 nitrogen and oxygen atoms in total. The van der Waals surface area contributed by atoms with E-state index in [0.717, 1.165) is 36.6 Å². The average Bonchev–Trinajstić information content (AvgIpc) is 3.20. The quantitative estimate of drug-likeness (QED) is 0.837. The van der Waals surface area contributed by atoms with E-state index in [4.69, 9.17) is 9.72 Å². The molecule has 2 aromatic heterocycles. The number of rotatable bonds is 5. The first-order valence-corrected chi connectivity index (χ1v) is 8.22. The third kappa shape index (κ3) is 3.31. The highest BCUT2D eigenvalue weighted by molar-refractivity contribution is 5.77. The van der Waals surface area contributed by atoms with Crippen molar-refractivity contribution >= 4 is 5.91 Å². The van der Waals surface area contributed by atoms with Gasteiger partial charge in [-0.2, -0.15) is 0 Å². The maximum absolute atomic E-state index is 12.4. The molecule has 1 atom stereocenters. The van der Waals surface area contributed by atoms with Gasteiger partial charge in [0.05, 0.1) is 19.1 Å². The lowest BCUT2D eigenvalue weighted by Gasteiger charge is -2.24. The van der Waals surface area contributed by atoms with Gasteiger partial charge in [0.15, 0.2) is 11.6 Å². The number of aryl methyl sites for hydroxylation is 2. The number of nitrogens with zero attached hydrogens (tertiary/aromatic N) is 5. The van der Waals surface area contributed by atoms with Crippen molar-refractivity contribution in [3.05, 3.63) is 30.0 Å². The molecule has 3 rings (SSSR count). The van der Waals surface area contributed by atoms with E-state index in [0.29, 0.717) is 18.9 Å². The average molecular weight is 329 g/mol. The van der Waals surface area contributed by atoms with Crippen molar-refractivity contribution in [2.45, 2.75) is 32.2 Å². The van der Waals surface area contributed by atoms with Crippen LogP contribution in [0.2, 0.25) is 0 Å². The SMILES string of the molecule is COCCC(=O)N1CCCC1c1nc(C)cc(-c2nccn2C)n1. The molecule has 0 spiro atoms. The molecule has 3 heterocycles. The molecule has 1 saturated heterocycles. The molecule has 1 aliphatic rings. The topological polar surface area (TPSA) is 73.1 Å². The summed E-state index contributed by atoms with van der Waals surface area (Å²) in [6, 6.07) is 1.87. The lowest BCUT2D eigenvalue weighted by Crippen LogP contribution is -2.32. The number of methoxy groups -OCH3 is 1.